The van der Waals surface area contributed by atoms with Crippen LogP contribution in [0.2, 0.25) is 0 Å². The van der Waals surface area contributed by atoms with Crippen molar-refractivity contribution >= 4 is 11.8 Å². The molecular formula is C13H23N3O3. The SMILES string of the molecule is CC1(C)CN(C(=O)C(=O)N2CCCNCC2)CCO1. The van der Waals surface area contributed by atoms with Gasteiger partial charge in [0.15, 0.2) is 0 Å². The molecule has 0 unspecified atom stereocenters. The van der Waals surface area contributed by atoms with Crippen LogP contribution in [0.15, 0.2) is 0 Å². The molecule has 2 saturated heterocycles. The van der Waals surface area contributed by atoms with Gasteiger partial charge in [-0.2, -0.15) is 0 Å². The van der Waals surface area contributed by atoms with Crippen molar-refractivity contribution in [2.24, 2.45) is 0 Å². The van der Waals surface area contributed by atoms with Crippen LogP contribution in [-0.4, -0.2) is 73.1 Å². The molecule has 0 aromatic heterocycles. The lowest BCUT2D eigenvalue weighted by atomic mass is 10.1. The molecule has 0 aliphatic carbocycles. The highest BCUT2D eigenvalue weighted by atomic mass is 16.5. The Morgan fingerprint density at radius 1 is 1.05 bits per heavy atom. The summed E-state index contributed by atoms with van der Waals surface area (Å²) in [7, 11) is 0. The van der Waals surface area contributed by atoms with Crippen molar-refractivity contribution in [2.45, 2.75) is 25.9 Å². The van der Waals surface area contributed by atoms with Crippen LogP contribution < -0.4 is 5.32 Å². The smallest absolute Gasteiger partial charge is 0.312 e. The molecule has 0 aromatic carbocycles. The van der Waals surface area contributed by atoms with E-state index in [9.17, 15) is 9.59 Å². The Labute approximate surface area is 114 Å². The number of morpholine rings is 1. The Balaban J connectivity index is 1.96. The maximum Gasteiger partial charge on any atom is 0.312 e. The first-order chi connectivity index (χ1) is 8.99. The van der Waals surface area contributed by atoms with Crippen LogP contribution in [0.25, 0.3) is 0 Å². The number of ether oxygens (including phenoxy) is 1. The molecule has 2 rings (SSSR count). The topological polar surface area (TPSA) is 61.9 Å². The predicted molar refractivity (Wildman–Crippen MR) is 70.7 cm³/mol. The molecule has 0 saturated carbocycles. The van der Waals surface area contributed by atoms with Gasteiger partial charge in [-0.15, -0.1) is 0 Å². The summed E-state index contributed by atoms with van der Waals surface area (Å²) in [5.41, 5.74) is -0.367. The van der Waals surface area contributed by atoms with Gasteiger partial charge in [-0.3, -0.25) is 9.59 Å². The molecule has 6 nitrogen and oxygen atoms in total. The van der Waals surface area contributed by atoms with Crippen LogP contribution in [0.3, 0.4) is 0 Å². The summed E-state index contributed by atoms with van der Waals surface area (Å²) in [5, 5.41) is 3.22. The van der Waals surface area contributed by atoms with Crippen LogP contribution in [-0.2, 0) is 14.3 Å². The Bertz CT molecular complexity index is 349. The first-order valence-corrected chi connectivity index (χ1v) is 6.92. The first-order valence-electron chi connectivity index (χ1n) is 6.92. The molecule has 108 valence electrons. The van der Waals surface area contributed by atoms with Gasteiger partial charge in [0.05, 0.1) is 12.2 Å². The number of nitrogens with zero attached hydrogens (tertiary/aromatic N) is 2. The fourth-order valence-electron chi connectivity index (χ4n) is 2.51. The molecule has 0 bridgehead atoms. The van der Waals surface area contributed by atoms with Crippen LogP contribution in [0.5, 0.6) is 0 Å². The molecule has 0 spiro atoms. The summed E-state index contributed by atoms with van der Waals surface area (Å²) < 4.78 is 5.56. The van der Waals surface area contributed by atoms with Crippen LogP contribution in [0.4, 0.5) is 0 Å². The van der Waals surface area contributed by atoms with Gasteiger partial charge in [0, 0.05) is 32.7 Å². The van der Waals surface area contributed by atoms with Gasteiger partial charge in [0.25, 0.3) is 0 Å². The normalized spacial score (nSPS) is 23.9. The van der Waals surface area contributed by atoms with Gasteiger partial charge in [-0.1, -0.05) is 0 Å². The van der Waals surface area contributed by atoms with Crippen molar-refractivity contribution < 1.29 is 14.3 Å². The standard InChI is InChI=1S/C13H23N3O3/c1-13(2)10-16(8-9-19-13)12(18)11(17)15-6-3-4-14-5-7-15/h14H,3-10H2,1-2H3. The van der Waals surface area contributed by atoms with E-state index in [0.29, 0.717) is 32.8 Å². The molecular weight excluding hydrogens is 246 g/mol. The third-order valence-corrected chi connectivity index (χ3v) is 3.52. The van der Waals surface area contributed by atoms with E-state index >= 15 is 0 Å². The van der Waals surface area contributed by atoms with Crippen LogP contribution in [0, 0.1) is 0 Å². The lowest BCUT2D eigenvalue weighted by Crippen LogP contribution is -2.55. The molecule has 6 heteroatoms. The van der Waals surface area contributed by atoms with Crippen molar-refractivity contribution in [1.29, 1.82) is 0 Å². The lowest BCUT2D eigenvalue weighted by Gasteiger charge is -2.38. The largest absolute Gasteiger partial charge is 0.372 e. The lowest BCUT2D eigenvalue weighted by molar-refractivity contribution is -0.159. The fourth-order valence-corrected chi connectivity index (χ4v) is 2.51. The van der Waals surface area contributed by atoms with Crippen molar-refractivity contribution in [3.05, 3.63) is 0 Å². The van der Waals surface area contributed by atoms with E-state index < -0.39 is 5.91 Å². The highest BCUT2D eigenvalue weighted by Gasteiger charge is 2.34. The van der Waals surface area contributed by atoms with E-state index in [2.05, 4.69) is 5.32 Å². The molecule has 1 N–H and O–H groups in total. The minimum Gasteiger partial charge on any atom is -0.372 e. The highest BCUT2D eigenvalue weighted by molar-refractivity contribution is 6.34. The third kappa shape index (κ3) is 3.67. The van der Waals surface area contributed by atoms with Gasteiger partial charge >= 0.3 is 11.8 Å². The average molecular weight is 269 g/mol. The molecule has 2 fully saturated rings. The minimum atomic E-state index is -0.390. The maximum atomic E-state index is 12.3. The molecule has 0 aromatic rings. The van der Waals surface area contributed by atoms with E-state index in [1.807, 2.05) is 13.8 Å². The molecule has 0 radical (unpaired) electrons. The van der Waals surface area contributed by atoms with Crippen molar-refractivity contribution in [3.63, 3.8) is 0 Å². The molecule has 2 heterocycles. The number of nitrogens with one attached hydrogen (secondary N) is 1. The van der Waals surface area contributed by atoms with Crippen molar-refractivity contribution in [1.82, 2.24) is 15.1 Å². The number of hydrogen-bond donors (Lipinski definition) is 1. The highest BCUT2D eigenvalue weighted by Crippen LogP contribution is 2.17. The van der Waals surface area contributed by atoms with E-state index in [1.54, 1.807) is 9.80 Å². The van der Waals surface area contributed by atoms with Crippen molar-refractivity contribution in [2.75, 3.05) is 45.9 Å². The second-order valence-corrected chi connectivity index (χ2v) is 5.73. The Hall–Kier alpha value is -1.14. The third-order valence-electron chi connectivity index (χ3n) is 3.52. The molecule has 2 aliphatic heterocycles. The Kier molecular flexibility index (Phi) is 4.42. The van der Waals surface area contributed by atoms with Crippen LogP contribution >= 0.6 is 0 Å². The Morgan fingerprint density at radius 2 is 1.79 bits per heavy atom. The van der Waals surface area contributed by atoms with Gasteiger partial charge in [-0.05, 0) is 26.8 Å². The van der Waals surface area contributed by atoms with E-state index in [4.69, 9.17) is 4.74 Å². The summed E-state index contributed by atoms with van der Waals surface area (Å²) in [6.07, 6.45) is 0.896. The van der Waals surface area contributed by atoms with Gasteiger partial charge in [0.2, 0.25) is 0 Å². The van der Waals surface area contributed by atoms with Gasteiger partial charge < -0.3 is 19.9 Å². The molecule has 0 atom stereocenters. The summed E-state index contributed by atoms with van der Waals surface area (Å²) in [5.74, 6) is -0.764. The van der Waals surface area contributed by atoms with E-state index in [1.165, 1.54) is 0 Å². The zero-order valence-electron chi connectivity index (χ0n) is 11.8. The monoisotopic (exact) mass is 269 g/mol. The van der Waals surface area contributed by atoms with Gasteiger partial charge in [-0.25, -0.2) is 0 Å². The maximum absolute atomic E-state index is 12.3. The quantitative estimate of drug-likeness (QED) is 0.599. The number of amides is 2. The second-order valence-electron chi connectivity index (χ2n) is 5.73. The zero-order valence-corrected chi connectivity index (χ0v) is 11.8. The van der Waals surface area contributed by atoms with Crippen molar-refractivity contribution in [3.8, 4) is 0 Å². The number of rotatable bonds is 0. The Morgan fingerprint density at radius 3 is 2.53 bits per heavy atom. The van der Waals surface area contributed by atoms with Crippen LogP contribution in [0.1, 0.15) is 20.3 Å². The van der Waals surface area contributed by atoms with E-state index in [-0.39, 0.29) is 11.5 Å². The molecule has 2 aliphatic rings. The van der Waals surface area contributed by atoms with Gasteiger partial charge in [0.1, 0.15) is 0 Å². The number of carbonyl (C=O) groups excluding carboxylic acids is 2. The fraction of sp³-hybridized carbons (Fsp3) is 0.846. The molecule has 19 heavy (non-hydrogen) atoms. The summed E-state index contributed by atoms with van der Waals surface area (Å²) >= 11 is 0. The summed E-state index contributed by atoms with van der Waals surface area (Å²) in [6, 6.07) is 0. The predicted octanol–water partition coefficient (Wildman–Crippen LogP) is -0.554. The summed E-state index contributed by atoms with van der Waals surface area (Å²) in [6.45, 7) is 8.27. The number of hydrogen-bond acceptors (Lipinski definition) is 4. The first kappa shape index (κ1) is 14.3. The zero-order chi connectivity index (χ0) is 13.9. The summed E-state index contributed by atoms with van der Waals surface area (Å²) in [4.78, 5) is 27.8. The minimum absolute atomic E-state index is 0.367. The second kappa shape index (κ2) is 5.88. The molecule has 2 amide bonds. The number of carbonyl (C=O) groups is 2. The van der Waals surface area contributed by atoms with E-state index in [0.717, 1.165) is 19.5 Å². The average Bonchev–Trinajstić information content (AvgIpc) is 2.64.